The molecule has 100 valence electrons. The minimum absolute atomic E-state index is 0.00512. The van der Waals surface area contributed by atoms with Crippen LogP contribution in [0.1, 0.15) is 33.1 Å². The Hall–Kier alpha value is -0.570. The van der Waals surface area contributed by atoms with Crippen LogP contribution >= 0.6 is 0 Å². The van der Waals surface area contributed by atoms with Crippen LogP contribution in [0, 0.1) is 46.3 Å². The van der Waals surface area contributed by atoms with Gasteiger partial charge >= 0.3 is 5.97 Å². The molecule has 4 aliphatic rings. The molecule has 1 spiro atoms. The summed E-state index contributed by atoms with van der Waals surface area (Å²) in [5.74, 6) is 1.78. The van der Waals surface area contributed by atoms with Crippen LogP contribution in [0.25, 0.3) is 0 Å². The molecule has 3 nitrogen and oxygen atoms in total. The van der Waals surface area contributed by atoms with E-state index >= 15 is 0 Å². The molecule has 2 bridgehead atoms. The summed E-state index contributed by atoms with van der Waals surface area (Å²) in [5.41, 5.74) is 0.210. The van der Waals surface area contributed by atoms with E-state index in [-0.39, 0.29) is 29.3 Å². The summed E-state index contributed by atoms with van der Waals surface area (Å²) >= 11 is 0. The molecule has 4 saturated carbocycles. The molecule has 0 aromatic rings. The lowest BCUT2D eigenvalue weighted by molar-refractivity contribution is -0.148. The number of hydrogen-bond donors (Lipinski definition) is 2. The van der Waals surface area contributed by atoms with Gasteiger partial charge in [0.1, 0.15) is 0 Å². The highest BCUT2D eigenvalue weighted by molar-refractivity contribution is 5.73. The summed E-state index contributed by atoms with van der Waals surface area (Å²) in [6.45, 7) is 4.53. The van der Waals surface area contributed by atoms with E-state index in [1.54, 1.807) is 0 Å². The maximum atomic E-state index is 11.8. The highest BCUT2D eigenvalue weighted by atomic mass is 16.4. The van der Waals surface area contributed by atoms with Gasteiger partial charge in [-0.3, -0.25) is 4.79 Å². The Balaban J connectivity index is 1.89. The third-order valence-electron chi connectivity index (χ3n) is 7.57. The van der Waals surface area contributed by atoms with Crippen LogP contribution in [0.15, 0.2) is 0 Å². The number of carboxylic acids is 1. The van der Waals surface area contributed by atoms with E-state index in [0.29, 0.717) is 11.8 Å². The van der Waals surface area contributed by atoms with E-state index in [0.717, 1.165) is 24.7 Å². The van der Waals surface area contributed by atoms with Gasteiger partial charge in [-0.25, -0.2) is 0 Å². The molecule has 0 aromatic heterocycles. The monoisotopic (exact) mass is 250 g/mol. The molecular formula is C15H22O3. The van der Waals surface area contributed by atoms with Crippen LogP contribution in [0.5, 0.6) is 0 Å². The average molecular weight is 250 g/mol. The van der Waals surface area contributed by atoms with Crippen molar-refractivity contribution in [3.63, 3.8) is 0 Å². The number of carboxylic acid groups (broad SMARTS) is 1. The lowest BCUT2D eigenvalue weighted by Gasteiger charge is -2.35. The largest absolute Gasteiger partial charge is 0.481 e. The molecule has 4 aliphatic carbocycles. The van der Waals surface area contributed by atoms with Crippen molar-refractivity contribution in [2.75, 3.05) is 6.61 Å². The second-order valence-electron chi connectivity index (χ2n) is 7.26. The highest BCUT2D eigenvalue weighted by Crippen LogP contribution is 2.90. The number of fused-ring (bicyclic) bond motifs is 2. The van der Waals surface area contributed by atoms with Gasteiger partial charge in [-0.2, -0.15) is 0 Å². The van der Waals surface area contributed by atoms with Gasteiger partial charge in [-0.15, -0.1) is 0 Å². The zero-order valence-electron chi connectivity index (χ0n) is 11.1. The van der Waals surface area contributed by atoms with Crippen molar-refractivity contribution in [2.24, 2.45) is 46.3 Å². The zero-order chi connectivity index (χ0) is 12.9. The van der Waals surface area contributed by atoms with Crippen molar-refractivity contribution in [1.82, 2.24) is 0 Å². The smallest absolute Gasteiger partial charge is 0.307 e. The quantitative estimate of drug-likeness (QED) is 0.805. The lowest BCUT2D eigenvalue weighted by Crippen LogP contribution is -2.36. The Morgan fingerprint density at radius 2 is 2.17 bits per heavy atom. The van der Waals surface area contributed by atoms with Crippen LogP contribution in [-0.4, -0.2) is 22.8 Å². The van der Waals surface area contributed by atoms with Gasteiger partial charge in [-0.05, 0) is 53.8 Å². The number of hydrogen-bond acceptors (Lipinski definition) is 2. The van der Waals surface area contributed by atoms with Gasteiger partial charge in [0.25, 0.3) is 0 Å². The van der Waals surface area contributed by atoms with E-state index in [1.807, 2.05) is 0 Å². The average Bonchev–Trinajstić information content (AvgIpc) is 2.64. The topological polar surface area (TPSA) is 57.5 Å². The molecule has 0 saturated heterocycles. The molecule has 8 atom stereocenters. The van der Waals surface area contributed by atoms with Crippen molar-refractivity contribution in [2.45, 2.75) is 33.1 Å². The first kappa shape index (κ1) is 11.3. The van der Waals surface area contributed by atoms with Crippen LogP contribution in [-0.2, 0) is 4.79 Å². The molecule has 0 heterocycles. The first-order valence-corrected chi connectivity index (χ1v) is 7.39. The fraction of sp³-hybridized carbons (Fsp3) is 0.933. The molecule has 4 fully saturated rings. The second-order valence-corrected chi connectivity index (χ2v) is 7.26. The second kappa shape index (κ2) is 2.95. The molecular weight excluding hydrogens is 228 g/mol. The number of aliphatic carboxylic acids is 1. The van der Waals surface area contributed by atoms with E-state index in [4.69, 9.17) is 0 Å². The maximum Gasteiger partial charge on any atom is 0.307 e. The summed E-state index contributed by atoms with van der Waals surface area (Å²) in [7, 11) is 0. The van der Waals surface area contributed by atoms with Gasteiger partial charge in [0.05, 0.1) is 5.92 Å². The molecule has 0 aliphatic heterocycles. The molecule has 4 rings (SSSR count). The van der Waals surface area contributed by atoms with Gasteiger partial charge in [0, 0.05) is 12.5 Å². The minimum atomic E-state index is -0.654. The number of carbonyl (C=O) groups is 1. The Kier molecular flexibility index (Phi) is 1.85. The van der Waals surface area contributed by atoms with E-state index < -0.39 is 5.97 Å². The normalized spacial score (nSPS) is 63.1. The Labute approximate surface area is 108 Å². The van der Waals surface area contributed by atoms with Crippen LogP contribution in [0.2, 0.25) is 0 Å². The molecule has 0 radical (unpaired) electrons. The SMILES string of the molecule is CCC12CC3CC1C1(C(C)C31)C(CO)C2C(=O)O. The first-order valence-electron chi connectivity index (χ1n) is 7.39. The van der Waals surface area contributed by atoms with Crippen LogP contribution < -0.4 is 0 Å². The number of aliphatic hydroxyl groups is 1. The number of rotatable bonds is 3. The van der Waals surface area contributed by atoms with Crippen molar-refractivity contribution < 1.29 is 15.0 Å². The fourth-order valence-electron chi connectivity index (χ4n) is 7.41. The Bertz CT molecular complexity index is 433. The molecule has 8 unspecified atom stereocenters. The van der Waals surface area contributed by atoms with Crippen molar-refractivity contribution >= 4 is 5.97 Å². The van der Waals surface area contributed by atoms with Gasteiger partial charge in [-0.1, -0.05) is 13.8 Å². The highest BCUT2D eigenvalue weighted by Gasteiger charge is 2.88. The predicted molar refractivity (Wildman–Crippen MR) is 65.7 cm³/mol. The fourth-order valence-corrected chi connectivity index (χ4v) is 7.41. The lowest BCUT2D eigenvalue weighted by atomic mass is 9.68. The van der Waals surface area contributed by atoms with Gasteiger partial charge < -0.3 is 10.2 Å². The minimum Gasteiger partial charge on any atom is -0.481 e. The maximum absolute atomic E-state index is 11.8. The van der Waals surface area contributed by atoms with Gasteiger partial charge in [0.2, 0.25) is 0 Å². The summed E-state index contributed by atoms with van der Waals surface area (Å²) in [6, 6.07) is 0. The van der Waals surface area contributed by atoms with Gasteiger partial charge in [0.15, 0.2) is 0 Å². The first-order chi connectivity index (χ1) is 8.55. The van der Waals surface area contributed by atoms with E-state index in [2.05, 4.69) is 13.8 Å². The number of aliphatic hydroxyl groups excluding tert-OH is 1. The summed E-state index contributed by atoms with van der Waals surface area (Å²) < 4.78 is 0. The third kappa shape index (κ3) is 0.799. The van der Waals surface area contributed by atoms with Crippen LogP contribution in [0.4, 0.5) is 0 Å². The predicted octanol–water partition coefficient (Wildman–Crippen LogP) is 2.00. The zero-order valence-corrected chi connectivity index (χ0v) is 11.1. The molecule has 0 amide bonds. The molecule has 2 N–H and O–H groups in total. The van der Waals surface area contributed by atoms with Crippen LogP contribution in [0.3, 0.4) is 0 Å². The Morgan fingerprint density at radius 3 is 2.72 bits per heavy atom. The molecule has 18 heavy (non-hydrogen) atoms. The van der Waals surface area contributed by atoms with E-state index in [9.17, 15) is 15.0 Å². The van der Waals surface area contributed by atoms with Crippen molar-refractivity contribution in [1.29, 1.82) is 0 Å². The standard InChI is InChI=1S/C15H22O3/c1-3-14-5-8-4-10(14)15(7(2)11(8)15)9(6-16)12(14)13(17)18/h7-12,16H,3-6H2,1-2H3,(H,17,18). The summed E-state index contributed by atoms with van der Waals surface area (Å²) in [4.78, 5) is 11.8. The third-order valence-corrected chi connectivity index (χ3v) is 7.57. The Morgan fingerprint density at radius 1 is 1.44 bits per heavy atom. The summed E-state index contributed by atoms with van der Waals surface area (Å²) in [5, 5.41) is 19.5. The summed E-state index contributed by atoms with van der Waals surface area (Å²) in [6.07, 6.45) is 3.32. The molecule has 3 heteroatoms. The van der Waals surface area contributed by atoms with E-state index in [1.165, 1.54) is 6.42 Å². The van der Waals surface area contributed by atoms with Crippen molar-refractivity contribution in [3.05, 3.63) is 0 Å². The van der Waals surface area contributed by atoms with Crippen molar-refractivity contribution in [3.8, 4) is 0 Å². The molecule has 0 aromatic carbocycles.